The highest BCUT2D eigenvalue weighted by Crippen LogP contribution is 1.95. The highest BCUT2D eigenvalue weighted by molar-refractivity contribution is 5.80. The minimum atomic E-state index is -0.841. The SMILES string of the molecule is CCOC(=O)CC(O)CNC(C)C(=O)N(C)C. The van der Waals surface area contributed by atoms with Crippen LogP contribution in [0.1, 0.15) is 20.3 Å². The molecule has 1 amide bonds. The fraction of sp³-hybridized carbons (Fsp3) is 0.818. The van der Waals surface area contributed by atoms with Crippen molar-refractivity contribution in [1.82, 2.24) is 10.2 Å². The molecule has 100 valence electrons. The van der Waals surface area contributed by atoms with E-state index in [1.807, 2.05) is 0 Å². The summed E-state index contributed by atoms with van der Waals surface area (Å²) in [6.07, 6.45) is -0.907. The van der Waals surface area contributed by atoms with Crippen LogP contribution in [0.2, 0.25) is 0 Å². The second-order valence-corrected chi connectivity index (χ2v) is 4.03. The fourth-order valence-corrected chi connectivity index (χ4v) is 1.27. The third kappa shape index (κ3) is 6.91. The number of rotatable bonds is 7. The summed E-state index contributed by atoms with van der Waals surface area (Å²) >= 11 is 0. The van der Waals surface area contributed by atoms with Gasteiger partial charge >= 0.3 is 5.97 Å². The van der Waals surface area contributed by atoms with Crippen molar-refractivity contribution in [3.8, 4) is 0 Å². The van der Waals surface area contributed by atoms with Crippen LogP contribution < -0.4 is 5.32 Å². The number of hydrogen-bond acceptors (Lipinski definition) is 5. The number of hydrogen-bond donors (Lipinski definition) is 2. The molecule has 0 saturated carbocycles. The minimum absolute atomic E-state index is 0.0658. The highest BCUT2D eigenvalue weighted by Gasteiger charge is 2.17. The Morgan fingerprint density at radius 2 is 2.00 bits per heavy atom. The molecule has 0 spiro atoms. The quantitative estimate of drug-likeness (QED) is 0.585. The van der Waals surface area contributed by atoms with Crippen molar-refractivity contribution in [2.75, 3.05) is 27.2 Å². The van der Waals surface area contributed by atoms with Gasteiger partial charge in [0.25, 0.3) is 0 Å². The predicted octanol–water partition coefficient (Wildman–Crippen LogP) is -0.633. The van der Waals surface area contributed by atoms with Crippen LogP contribution in [0, 0.1) is 0 Å². The first-order valence-electron chi connectivity index (χ1n) is 5.66. The van der Waals surface area contributed by atoms with Gasteiger partial charge in [-0.2, -0.15) is 0 Å². The van der Waals surface area contributed by atoms with Crippen LogP contribution in [0.15, 0.2) is 0 Å². The third-order valence-electron chi connectivity index (χ3n) is 2.18. The standard InChI is InChI=1S/C11H22N2O4/c1-5-17-10(15)6-9(14)7-12-8(2)11(16)13(3)4/h8-9,12,14H,5-7H2,1-4H3. The van der Waals surface area contributed by atoms with Gasteiger partial charge in [-0.15, -0.1) is 0 Å². The molecule has 0 aromatic rings. The van der Waals surface area contributed by atoms with Crippen LogP contribution in [0.3, 0.4) is 0 Å². The molecular weight excluding hydrogens is 224 g/mol. The molecule has 0 radical (unpaired) electrons. The number of ether oxygens (including phenoxy) is 1. The summed E-state index contributed by atoms with van der Waals surface area (Å²) in [5.74, 6) is -0.512. The van der Waals surface area contributed by atoms with Gasteiger partial charge in [-0.1, -0.05) is 0 Å². The molecule has 0 aliphatic heterocycles. The number of aliphatic hydroxyl groups is 1. The zero-order valence-electron chi connectivity index (χ0n) is 10.9. The Labute approximate surface area is 102 Å². The second-order valence-electron chi connectivity index (χ2n) is 4.03. The fourth-order valence-electron chi connectivity index (χ4n) is 1.27. The van der Waals surface area contributed by atoms with E-state index >= 15 is 0 Å². The number of likely N-dealkylation sites (N-methyl/N-ethyl adjacent to an activating group) is 1. The van der Waals surface area contributed by atoms with E-state index in [0.717, 1.165) is 0 Å². The van der Waals surface area contributed by atoms with Gasteiger partial charge in [0, 0.05) is 20.6 Å². The van der Waals surface area contributed by atoms with E-state index in [4.69, 9.17) is 4.74 Å². The largest absolute Gasteiger partial charge is 0.466 e. The van der Waals surface area contributed by atoms with Gasteiger partial charge in [-0.05, 0) is 13.8 Å². The molecule has 2 N–H and O–H groups in total. The monoisotopic (exact) mass is 246 g/mol. The summed E-state index contributed by atoms with van der Waals surface area (Å²) in [4.78, 5) is 24.0. The van der Waals surface area contributed by atoms with E-state index in [9.17, 15) is 14.7 Å². The van der Waals surface area contributed by atoms with Crippen molar-refractivity contribution in [3.63, 3.8) is 0 Å². The molecule has 0 bridgehead atoms. The Balaban J connectivity index is 3.87. The van der Waals surface area contributed by atoms with Crippen LogP contribution in [0.25, 0.3) is 0 Å². The average molecular weight is 246 g/mol. The van der Waals surface area contributed by atoms with Gasteiger partial charge in [0.05, 0.1) is 25.2 Å². The molecule has 2 atom stereocenters. The minimum Gasteiger partial charge on any atom is -0.466 e. The number of aliphatic hydroxyl groups excluding tert-OH is 1. The maximum absolute atomic E-state index is 11.5. The van der Waals surface area contributed by atoms with Crippen molar-refractivity contribution in [2.45, 2.75) is 32.4 Å². The van der Waals surface area contributed by atoms with Crippen molar-refractivity contribution in [1.29, 1.82) is 0 Å². The first kappa shape index (κ1) is 15.9. The molecular formula is C11H22N2O4. The molecule has 0 saturated heterocycles. The van der Waals surface area contributed by atoms with Crippen LogP contribution in [0.5, 0.6) is 0 Å². The Hall–Kier alpha value is -1.14. The molecule has 0 heterocycles. The number of amides is 1. The van der Waals surface area contributed by atoms with Gasteiger partial charge in [0.2, 0.25) is 5.91 Å². The van der Waals surface area contributed by atoms with Crippen molar-refractivity contribution >= 4 is 11.9 Å². The first-order valence-corrected chi connectivity index (χ1v) is 5.66. The molecule has 0 aliphatic carbocycles. The lowest BCUT2D eigenvalue weighted by molar-refractivity contribution is -0.145. The van der Waals surface area contributed by atoms with Crippen LogP contribution in [0.4, 0.5) is 0 Å². The van der Waals surface area contributed by atoms with Gasteiger partial charge < -0.3 is 20.1 Å². The third-order valence-corrected chi connectivity index (χ3v) is 2.18. The molecule has 6 heteroatoms. The maximum atomic E-state index is 11.5. The Morgan fingerprint density at radius 1 is 1.41 bits per heavy atom. The van der Waals surface area contributed by atoms with E-state index in [-0.39, 0.29) is 24.9 Å². The lowest BCUT2D eigenvalue weighted by Crippen LogP contribution is -2.44. The van der Waals surface area contributed by atoms with E-state index in [1.54, 1.807) is 27.9 Å². The summed E-state index contributed by atoms with van der Waals surface area (Å²) < 4.78 is 4.70. The molecule has 0 fully saturated rings. The lowest BCUT2D eigenvalue weighted by Gasteiger charge is -2.19. The number of carbonyl (C=O) groups is 2. The number of esters is 1. The number of nitrogens with zero attached hydrogens (tertiary/aromatic N) is 1. The Morgan fingerprint density at radius 3 is 2.47 bits per heavy atom. The van der Waals surface area contributed by atoms with Crippen molar-refractivity contribution in [2.24, 2.45) is 0 Å². The van der Waals surface area contributed by atoms with Crippen molar-refractivity contribution < 1.29 is 19.4 Å². The zero-order valence-corrected chi connectivity index (χ0v) is 10.9. The molecule has 6 nitrogen and oxygen atoms in total. The van der Waals surface area contributed by atoms with E-state index in [0.29, 0.717) is 6.61 Å². The van der Waals surface area contributed by atoms with Gasteiger partial charge in [0.1, 0.15) is 0 Å². The van der Waals surface area contributed by atoms with Crippen LogP contribution in [-0.2, 0) is 14.3 Å². The molecule has 0 aliphatic rings. The number of nitrogens with one attached hydrogen (secondary N) is 1. The predicted molar refractivity (Wildman–Crippen MR) is 63.4 cm³/mol. The summed E-state index contributed by atoms with van der Waals surface area (Å²) in [5, 5.41) is 12.4. The summed E-state index contributed by atoms with van der Waals surface area (Å²) in [6.45, 7) is 3.90. The maximum Gasteiger partial charge on any atom is 0.308 e. The summed E-state index contributed by atoms with van der Waals surface area (Å²) in [5.41, 5.74) is 0. The van der Waals surface area contributed by atoms with E-state index < -0.39 is 12.1 Å². The molecule has 0 aromatic carbocycles. The smallest absolute Gasteiger partial charge is 0.308 e. The molecule has 2 unspecified atom stereocenters. The van der Waals surface area contributed by atoms with Crippen LogP contribution >= 0.6 is 0 Å². The Kier molecular flexibility index (Phi) is 7.49. The summed E-state index contributed by atoms with van der Waals surface area (Å²) in [6, 6.07) is -0.387. The Bertz CT molecular complexity index is 256. The van der Waals surface area contributed by atoms with E-state index in [1.165, 1.54) is 4.90 Å². The summed E-state index contributed by atoms with van der Waals surface area (Å²) in [7, 11) is 3.32. The highest BCUT2D eigenvalue weighted by atomic mass is 16.5. The topological polar surface area (TPSA) is 78.9 Å². The molecule has 0 rings (SSSR count). The first-order chi connectivity index (χ1) is 7.88. The van der Waals surface area contributed by atoms with Gasteiger partial charge in [0.15, 0.2) is 0 Å². The number of carbonyl (C=O) groups excluding carboxylic acids is 2. The zero-order chi connectivity index (χ0) is 13.4. The molecule has 17 heavy (non-hydrogen) atoms. The average Bonchev–Trinajstić information content (AvgIpc) is 2.24. The second kappa shape index (κ2) is 8.03. The van der Waals surface area contributed by atoms with Crippen LogP contribution in [-0.4, -0.2) is 61.3 Å². The van der Waals surface area contributed by atoms with E-state index in [2.05, 4.69) is 5.32 Å². The van der Waals surface area contributed by atoms with Crippen molar-refractivity contribution in [3.05, 3.63) is 0 Å². The lowest BCUT2D eigenvalue weighted by atomic mass is 10.2. The van der Waals surface area contributed by atoms with Gasteiger partial charge in [-0.3, -0.25) is 9.59 Å². The molecule has 0 aromatic heterocycles. The normalized spacial score (nSPS) is 13.9. The van der Waals surface area contributed by atoms with Gasteiger partial charge in [-0.25, -0.2) is 0 Å².